The molecule has 0 saturated carbocycles. The molecule has 0 amide bonds. The number of rotatable bonds is 5. The molecule has 162 valence electrons. The quantitative estimate of drug-likeness (QED) is 0.140. The molecule has 0 N–H and O–H groups in total. The van der Waals surface area contributed by atoms with Gasteiger partial charge in [0.2, 0.25) is 0 Å². The van der Waals surface area contributed by atoms with Crippen molar-refractivity contribution >= 4 is 51.1 Å². The molecule has 0 fully saturated rings. The molecule has 2 heterocycles. The minimum absolute atomic E-state index is 0.102. The lowest BCUT2D eigenvalue weighted by molar-refractivity contribution is 0.103. The lowest BCUT2D eigenvalue weighted by atomic mass is 10.0. The van der Waals surface area contributed by atoms with E-state index in [1.807, 2.05) is 90.2 Å². The predicted molar refractivity (Wildman–Crippen MR) is 140 cm³/mol. The lowest BCUT2D eigenvalue weighted by Crippen LogP contribution is -2.04. The number of aryl methyl sites for hydroxylation is 1. The molecule has 4 nitrogen and oxygen atoms in total. The summed E-state index contributed by atoms with van der Waals surface area (Å²) in [4.78, 5) is 26.0. The second kappa shape index (κ2) is 8.48. The van der Waals surface area contributed by atoms with E-state index in [0.717, 1.165) is 43.3 Å². The maximum Gasteiger partial charge on any atom is 0.196 e. The van der Waals surface area contributed by atoms with Crippen molar-refractivity contribution in [3.63, 3.8) is 0 Å². The van der Waals surface area contributed by atoms with Crippen LogP contribution in [0.15, 0.2) is 78.9 Å². The van der Waals surface area contributed by atoms with Crippen LogP contribution >= 0.6 is 22.6 Å². The van der Waals surface area contributed by atoms with E-state index in [-0.39, 0.29) is 5.78 Å². The smallest absolute Gasteiger partial charge is 0.196 e. The first-order valence-corrected chi connectivity index (χ1v) is 11.6. The molecular weight excluding hydrogens is 525 g/mol. The number of ketones is 1. The highest BCUT2D eigenvalue weighted by molar-refractivity contribution is 14.1. The summed E-state index contributed by atoms with van der Waals surface area (Å²) in [6.45, 7) is 1.99. The number of carbonyl (C=O) groups excluding carboxylic acids is 2. The number of methoxy groups -OCH3 is 1. The van der Waals surface area contributed by atoms with Gasteiger partial charge < -0.3 is 9.14 Å². The Morgan fingerprint density at radius 3 is 2.33 bits per heavy atom. The largest absolute Gasteiger partial charge is 0.497 e. The first-order chi connectivity index (χ1) is 16.0. The lowest BCUT2D eigenvalue weighted by Gasteiger charge is -2.11. The normalized spacial score (nSPS) is 11.1. The number of hydrogen-bond donors (Lipinski definition) is 0. The van der Waals surface area contributed by atoms with Gasteiger partial charge in [-0.25, -0.2) is 0 Å². The van der Waals surface area contributed by atoms with Gasteiger partial charge in [0.25, 0.3) is 0 Å². The Morgan fingerprint density at radius 1 is 0.970 bits per heavy atom. The molecule has 0 saturated heterocycles. The van der Waals surface area contributed by atoms with Crippen molar-refractivity contribution in [2.45, 2.75) is 6.92 Å². The fourth-order valence-electron chi connectivity index (χ4n) is 4.26. The molecule has 5 rings (SSSR count). The van der Waals surface area contributed by atoms with Crippen LogP contribution in [0.5, 0.6) is 5.75 Å². The number of para-hydroxylation sites is 1. The Balaban J connectivity index is 1.92. The topological polar surface area (TPSA) is 47.8 Å². The monoisotopic (exact) mass is 545 g/mol. The highest BCUT2D eigenvalue weighted by Crippen LogP contribution is 2.39. The first kappa shape index (κ1) is 21.4. The van der Waals surface area contributed by atoms with E-state index in [1.165, 1.54) is 0 Å². The minimum Gasteiger partial charge on any atom is -0.497 e. The van der Waals surface area contributed by atoms with Crippen molar-refractivity contribution in [2.24, 2.45) is 0 Å². The van der Waals surface area contributed by atoms with E-state index in [4.69, 9.17) is 4.74 Å². The summed E-state index contributed by atoms with van der Waals surface area (Å²) in [6.07, 6.45) is 0.835. The molecule has 0 aliphatic carbocycles. The van der Waals surface area contributed by atoms with Gasteiger partial charge in [-0.2, -0.15) is 0 Å². The van der Waals surface area contributed by atoms with Gasteiger partial charge in [-0.05, 0) is 76.9 Å². The van der Waals surface area contributed by atoms with Crippen LogP contribution < -0.4 is 4.74 Å². The van der Waals surface area contributed by atoms with Crippen LogP contribution in [0.1, 0.15) is 31.8 Å². The fourth-order valence-corrected chi connectivity index (χ4v) is 5.31. The average molecular weight is 545 g/mol. The molecule has 0 bridgehead atoms. The highest BCUT2D eigenvalue weighted by atomic mass is 127. The van der Waals surface area contributed by atoms with Crippen LogP contribution in [0.4, 0.5) is 0 Å². The summed E-state index contributed by atoms with van der Waals surface area (Å²) >= 11 is 2.24. The number of aldehydes is 1. The SMILES string of the molecule is COc1ccc(-c2c(I)c(C(=O)c3ccc(C)cc3)c3c(C=O)cc4ccccc4n23)cc1. The summed E-state index contributed by atoms with van der Waals surface area (Å²) in [6, 6.07) is 25.1. The molecule has 5 heteroatoms. The summed E-state index contributed by atoms with van der Waals surface area (Å²) in [5.74, 6) is 0.652. The molecule has 2 aromatic heterocycles. The van der Waals surface area contributed by atoms with Crippen LogP contribution in [-0.2, 0) is 0 Å². The van der Waals surface area contributed by atoms with Crippen LogP contribution in [-0.4, -0.2) is 23.6 Å². The van der Waals surface area contributed by atoms with Crippen molar-refractivity contribution in [2.75, 3.05) is 7.11 Å². The second-order valence-electron chi connectivity index (χ2n) is 7.92. The van der Waals surface area contributed by atoms with Crippen LogP contribution in [0.2, 0.25) is 0 Å². The van der Waals surface area contributed by atoms with Crippen LogP contribution in [0, 0.1) is 10.5 Å². The molecule has 0 unspecified atom stereocenters. The number of nitrogens with zero attached hydrogens (tertiary/aromatic N) is 1. The van der Waals surface area contributed by atoms with Crippen molar-refractivity contribution in [3.8, 4) is 17.0 Å². The number of hydrogen-bond acceptors (Lipinski definition) is 3. The molecule has 0 atom stereocenters. The number of aromatic nitrogens is 1. The molecule has 33 heavy (non-hydrogen) atoms. The zero-order valence-corrected chi connectivity index (χ0v) is 20.3. The van der Waals surface area contributed by atoms with E-state index in [2.05, 4.69) is 22.6 Å². The van der Waals surface area contributed by atoms with E-state index in [1.54, 1.807) is 7.11 Å². The number of carbonyl (C=O) groups is 2. The molecule has 0 radical (unpaired) electrons. The number of fused-ring (bicyclic) bond motifs is 3. The number of ether oxygens (including phenoxy) is 1. The fraction of sp³-hybridized carbons (Fsp3) is 0.0714. The molecule has 5 aromatic rings. The predicted octanol–water partition coefficient (Wildman–Crippen LogP) is 6.72. The Morgan fingerprint density at radius 2 is 1.67 bits per heavy atom. The molecular formula is C28H20INO3. The third-order valence-corrected chi connectivity index (χ3v) is 6.96. The maximum absolute atomic E-state index is 13.8. The van der Waals surface area contributed by atoms with Crippen LogP contribution in [0.25, 0.3) is 27.7 Å². The zero-order chi connectivity index (χ0) is 23.1. The van der Waals surface area contributed by atoms with Gasteiger partial charge in [-0.3, -0.25) is 9.59 Å². The van der Waals surface area contributed by atoms with E-state index in [0.29, 0.717) is 22.2 Å². The van der Waals surface area contributed by atoms with Gasteiger partial charge in [0.05, 0.1) is 33.0 Å². The Labute approximate surface area is 205 Å². The van der Waals surface area contributed by atoms with Crippen molar-refractivity contribution in [1.82, 2.24) is 4.40 Å². The van der Waals surface area contributed by atoms with E-state index >= 15 is 0 Å². The standard InChI is InChI=1S/C28H20INO3/c1-17-7-9-19(10-8-17)28(32)24-25(29)27(18-11-13-22(33-2)14-12-18)30-23-6-4-3-5-20(23)15-21(16-31)26(24)30/h3-16H,1-2H3. The van der Waals surface area contributed by atoms with Crippen molar-refractivity contribution in [3.05, 3.63) is 105 Å². The minimum atomic E-state index is -0.102. The van der Waals surface area contributed by atoms with Gasteiger partial charge in [-0.1, -0.05) is 48.0 Å². The van der Waals surface area contributed by atoms with Gasteiger partial charge in [-0.15, -0.1) is 0 Å². The second-order valence-corrected chi connectivity index (χ2v) is 9.00. The van der Waals surface area contributed by atoms with Crippen molar-refractivity contribution < 1.29 is 14.3 Å². The third-order valence-electron chi connectivity index (χ3n) is 5.90. The number of pyridine rings is 1. The number of halogens is 1. The summed E-state index contributed by atoms with van der Waals surface area (Å²) in [7, 11) is 1.63. The molecule has 0 aliphatic heterocycles. The van der Waals surface area contributed by atoms with Gasteiger partial charge >= 0.3 is 0 Å². The Bertz CT molecular complexity index is 1530. The molecule has 3 aromatic carbocycles. The van der Waals surface area contributed by atoms with Crippen LogP contribution in [0.3, 0.4) is 0 Å². The summed E-state index contributed by atoms with van der Waals surface area (Å²) < 4.78 is 8.19. The number of benzene rings is 3. The Kier molecular flexibility index (Phi) is 5.50. The summed E-state index contributed by atoms with van der Waals surface area (Å²) in [5.41, 5.74) is 6.09. The van der Waals surface area contributed by atoms with E-state index < -0.39 is 0 Å². The van der Waals surface area contributed by atoms with Gasteiger partial charge in [0.15, 0.2) is 12.1 Å². The summed E-state index contributed by atoms with van der Waals surface area (Å²) in [5, 5.41) is 0.933. The molecule has 0 aliphatic rings. The third kappa shape index (κ3) is 3.53. The first-order valence-electron chi connectivity index (χ1n) is 10.5. The maximum atomic E-state index is 13.8. The van der Waals surface area contributed by atoms with Gasteiger partial charge in [0, 0.05) is 11.1 Å². The zero-order valence-electron chi connectivity index (χ0n) is 18.1. The van der Waals surface area contributed by atoms with Crippen molar-refractivity contribution in [1.29, 1.82) is 0 Å². The Hall–Kier alpha value is -3.45. The molecule has 0 spiro atoms. The van der Waals surface area contributed by atoms with Gasteiger partial charge in [0.1, 0.15) is 5.75 Å². The highest BCUT2D eigenvalue weighted by Gasteiger charge is 2.27. The van der Waals surface area contributed by atoms with E-state index in [9.17, 15) is 9.59 Å². The average Bonchev–Trinajstić information content (AvgIpc) is 3.16.